The van der Waals surface area contributed by atoms with Crippen LogP contribution in [0.4, 0.5) is 0 Å². The van der Waals surface area contributed by atoms with Gasteiger partial charge in [0.2, 0.25) is 10.0 Å². The van der Waals surface area contributed by atoms with Crippen molar-refractivity contribution >= 4 is 15.8 Å². The lowest BCUT2D eigenvalue weighted by atomic mass is 9.66. The van der Waals surface area contributed by atoms with Gasteiger partial charge in [-0.2, -0.15) is 4.31 Å². The van der Waals surface area contributed by atoms with Gasteiger partial charge >= 0.3 is 0 Å². The Balaban J connectivity index is 1.68. The second-order valence-electron chi connectivity index (χ2n) is 9.58. The molecule has 146 valence electrons. The van der Waals surface area contributed by atoms with Crippen LogP contribution in [0.25, 0.3) is 0 Å². The average molecular weight is 388 g/mol. The molecule has 0 bridgehead atoms. The van der Waals surface area contributed by atoms with Crippen molar-refractivity contribution in [1.29, 1.82) is 0 Å². The van der Waals surface area contributed by atoms with Crippen LogP contribution in [0.2, 0.25) is 0 Å². The minimum Gasteiger partial charge on any atom is -0.295 e. The first kappa shape index (κ1) is 18.9. The summed E-state index contributed by atoms with van der Waals surface area (Å²) in [7, 11) is -3.51. The number of Topliss-reactive ketones (excluding diaryl/α,β-unsaturated/α-hetero) is 1. The molecular formula is C22H29NO3S. The fourth-order valence-corrected chi connectivity index (χ4v) is 7.59. The third kappa shape index (κ3) is 2.73. The molecule has 3 fully saturated rings. The van der Waals surface area contributed by atoms with E-state index in [0.29, 0.717) is 11.3 Å². The highest BCUT2D eigenvalue weighted by Crippen LogP contribution is 2.60. The molecule has 0 radical (unpaired) electrons. The van der Waals surface area contributed by atoms with E-state index in [9.17, 15) is 13.2 Å². The lowest BCUT2D eigenvalue weighted by molar-refractivity contribution is -0.115. The number of ketones is 1. The number of allylic oxidation sites excluding steroid dienone is 1. The number of carbonyl (C=O) groups excluding carboxylic acids is 1. The predicted molar refractivity (Wildman–Crippen MR) is 106 cm³/mol. The maximum absolute atomic E-state index is 13.3. The van der Waals surface area contributed by atoms with Gasteiger partial charge in [-0.3, -0.25) is 4.79 Å². The fourth-order valence-electron chi connectivity index (χ4n) is 5.53. The molecule has 5 atom stereocenters. The SMILES string of the molecule is C=C1C(=O)C[C@@H]2[C@@H]1CC[C@@]1(C)[C@H](CC2(C)C)N1S(=O)(=O)c1ccc(C)cc1. The Morgan fingerprint density at radius 1 is 1.15 bits per heavy atom. The van der Waals surface area contributed by atoms with Gasteiger partial charge in [0.25, 0.3) is 0 Å². The number of benzene rings is 1. The quantitative estimate of drug-likeness (QED) is 0.567. The van der Waals surface area contributed by atoms with Crippen molar-refractivity contribution in [2.75, 3.05) is 0 Å². The normalized spacial score (nSPS) is 37.9. The van der Waals surface area contributed by atoms with Crippen molar-refractivity contribution in [1.82, 2.24) is 4.31 Å². The number of aryl methyl sites for hydroxylation is 1. The van der Waals surface area contributed by atoms with Gasteiger partial charge in [0.1, 0.15) is 0 Å². The summed E-state index contributed by atoms with van der Waals surface area (Å²) in [6, 6.07) is 7.12. The van der Waals surface area contributed by atoms with Gasteiger partial charge in [-0.1, -0.05) is 38.1 Å². The highest BCUT2D eigenvalue weighted by Gasteiger charge is 2.67. The van der Waals surface area contributed by atoms with E-state index < -0.39 is 10.0 Å². The third-order valence-corrected chi connectivity index (χ3v) is 9.45. The highest BCUT2D eigenvalue weighted by molar-refractivity contribution is 7.89. The Hall–Kier alpha value is -1.46. The van der Waals surface area contributed by atoms with Crippen molar-refractivity contribution in [3.63, 3.8) is 0 Å². The molecule has 1 saturated heterocycles. The first-order chi connectivity index (χ1) is 12.5. The summed E-state index contributed by atoms with van der Waals surface area (Å²) in [5.41, 5.74) is 1.35. The second kappa shape index (κ2) is 5.77. The summed E-state index contributed by atoms with van der Waals surface area (Å²) in [5.74, 6) is 0.657. The predicted octanol–water partition coefficient (Wildman–Crippen LogP) is 4.10. The molecule has 2 aliphatic carbocycles. The molecule has 1 aromatic rings. The molecule has 4 rings (SSSR count). The van der Waals surface area contributed by atoms with E-state index in [-0.39, 0.29) is 34.6 Å². The van der Waals surface area contributed by atoms with Crippen LogP contribution in [-0.2, 0) is 14.8 Å². The van der Waals surface area contributed by atoms with Crippen LogP contribution < -0.4 is 0 Å². The monoisotopic (exact) mass is 387 g/mol. The zero-order chi connectivity index (χ0) is 19.8. The maximum atomic E-state index is 13.3. The van der Waals surface area contributed by atoms with Crippen LogP contribution >= 0.6 is 0 Å². The lowest BCUT2D eigenvalue weighted by Gasteiger charge is -2.37. The van der Waals surface area contributed by atoms with Crippen LogP contribution in [0.3, 0.4) is 0 Å². The molecule has 1 heterocycles. The van der Waals surface area contributed by atoms with E-state index in [1.165, 1.54) is 0 Å². The summed E-state index contributed by atoms with van der Waals surface area (Å²) in [5, 5.41) is 0. The standard InChI is InChI=1S/C22H29NO3S/c1-14-6-8-16(9-7-14)27(25,26)23-20-13-21(3,4)18-12-19(24)15(2)17(18)10-11-22(20,23)5/h6-9,17-18,20H,2,10-13H2,1,3-5H3/t17-,18-,20+,22+,23?/m1/s1. The molecule has 3 aliphatic rings. The molecule has 5 heteroatoms. The summed E-state index contributed by atoms with van der Waals surface area (Å²) < 4.78 is 28.4. The van der Waals surface area contributed by atoms with Crippen molar-refractivity contribution in [3.8, 4) is 0 Å². The van der Waals surface area contributed by atoms with E-state index >= 15 is 0 Å². The van der Waals surface area contributed by atoms with Gasteiger partial charge in [0.15, 0.2) is 5.78 Å². The first-order valence-electron chi connectivity index (χ1n) is 9.82. The summed E-state index contributed by atoms with van der Waals surface area (Å²) in [6.45, 7) is 12.5. The van der Waals surface area contributed by atoms with Crippen LogP contribution in [0.1, 0.15) is 52.0 Å². The van der Waals surface area contributed by atoms with Crippen LogP contribution in [0.5, 0.6) is 0 Å². The minimum absolute atomic E-state index is 0.00344. The number of nitrogens with zero attached hydrogens (tertiary/aromatic N) is 1. The van der Waals surface area contributed by atoms with Gasteiger partial charge < -0.3 is 0 Å². The molecule has 27 heavy (non-hydrogen) atoms. The minimum atomic E-state index is -3.51. The number of rotatable bonds is 2. The van der Waals surface area contributed by atoms with Gasteiger partial charge in [-0.25, -0.2) is 8.42 Å². The zero-order valence-corrected chi connectivity index (χ0v) is 17.5. The van der Waals surface area contributed by atoms with Gasteiger partial charge in [0, 0.05) is 12.5 Å². The van der Waals surface area contributed by atoms with Crippen LogP contribution in [0, 0.1) is 24.2 Å². The van der Waals surface area contributed by atoms with Gasteiger partial charge in [0.05, 0.1) is 10.4 Å². The number of carbonyl (C=O) groups is 1. The van der Waals surface area contributed by atoms with Gasteiger partial charge in [-0.15, -0.1) is 0 Å². The van der Waals surface area contributed by atoms with Gasteiger partial charge in [-0.05, 0) is 68.1 Å². The van der Waals surface area contributed by atoms with E-state index in [2.05, 4.69) is 27.4 Å². The van der Waals surface area contributed by atoms with E-state index in [1.54, 1.807) is 16.4 Å². The van der Waals surface area contributed by atoms with Crippen LogP contribution in [-0.4, -0.2) is 30.1 Å². The Morgan fingerprint density at radius 2 is 1.78 bits per heavy atom. The largest absolute Gasteiger partial charge is 0.295 e. The summed E-state index contributed by atoms with van der Waals surface area (Å²) in [4.78, 5) is 12.6. The summed E-state index contributed by atoms with van der Waals surface area (Å²) >= 11 is 0. The molecule has 0 amide bonds. The fraction of sp³-hybridized carbons (Fsp3) is 0.591. The maximum Gasteiger partial charge on any atom is 0.243 e. The second-order valence-corrected chi connectivity index (χ2v) is 11.4. The Kier molecular flexibility index (Phi) is 4.04. The third-order valence-electron chi connectivity index (χ3n) is 7.40. The molecule has 0 spiro atoms. The topological polar surface area (TPSA) is 54.2 Å². The zero-order valence-electron chi connectivity index (χ0n) is 16.7. The number of sulfonamides is 1. The molecule has 4 nitrogen and oxygen atoms in total. The van der Waals surface area contributed by atoms with E-state index in [1.807, 2.05) is 19.1 Å². The molecule has 1 aliphatic heterocycles. The molecule has 1 unspecified atom stereocenters. The van der Waals surface area contributed by atoms with Crippen molar-refractivity contribution < 1.29 is 13.2 Å². The van der Waals surface area contributed by atoms with Crippen molar-refractivity contribution in [2.45, 2.75) is 69.9 Å². The Labute approximate surface area is 162 Å². The van der Waals surface area contributed by atoms with E-state index in [4.69, 9.17) is 0 Å². The first-order valence-corrected chi connectivity index (χ1v) is 11.3. The smallest absolute Gasteiger partial charge is 0.243 e. The molecule has 0 aromatic heterocycles. The number of hydrogen-bond donors (Lipinski definition) is 0. The molecule has 0 N–H and O–H groups in total. The highest BCUT2D eigenvalue weighted by atomic mass is 32.2. The van der Waals surface area contributed by atoms with Crippen molar-refractivity contribution in [2.24, 2.45) is 17.3 Å². The van der Waals surface area contributed by atoms with Crippen LogP contribution in [0.15, 0.2) is 41.3 Å². The van der Waals surface area contributed by atoms with E-state index in [0.717, 1.165) is 30.4 Å². The number of fused-ring (bicyclic) bond motifs is 2. The number of hydrogen-bond acceptors (Lipinski definition) is 3. The average Bonchev–Trinajstić information content (AvgIpc) is 3.03. The molecule has 1 aromatic carbocycles. The summed E-state index contributed by atoms with van der Waals surface area (Å²) in [6.07, 6.45) is 2.97. The van der Waals surface area contributed by atoms with Crippen molar-refractivity contribution in [3.05, 3.63) is 42.0 Å². The Bertz CT molecular complexity index is 915. The Morgan fingerprint density at radius 3 is 2.41 bits per heavy atom. The molecular weight excluding hydrogens is 358 g/mol. The molecule has 2 saturated carbocycles. The lowest BCUT2D eigenvalue weighted by Crippen LogP contribution is -2.33.